The molecule has 0 aromatic heterocycles. The quantitative estimate of drug-likeness (QED) is 0.189. The van der Waals surface area contributed by atoms with Crippen LogP contribution in [0.3, 0.4) is 0 Å². The molecule has 2 rings (SSSR count). The molecule has 7 heteroatoms. The smallest absolute Gasteiger partial charge is 0.311 e. The van der Waals surface area contributed by atoms with Gasteiger partial charge in [-0.15, -0.1) is 0 Å². The van der Waals surface area contributed by atoms with E-state index in [0.29, 0.717) is 37.5 Å². The Bertz CT molecular complexity index is 990. The second-order valence-corrected chi connectivity index (χ2v) is 7.18. The summed E-state index contributed by atoms with van der Waals surface area (Å²) in [7, 11) is 1.53. The summed E-state index contributed by atoms with van der Waals surface area (Å²) in [4.78, 5) is 24.0. The molecule has 2 aromatic rings. The van der Waals surface area contributed by atoms with Crippen LogP contribution in [0.5, 0.6) is 11.5 Å². The van der Waals surface area contributed by atoms with Crippen molar-refractivity contribution in [1.29, 1.82) is 5.26 Å². The maximum Gasteiger partial charge on any atom is 0.311 e. The van der Waals surface area contributed by atoms with E-state index in [1.54, 1.807) is 24.3 Å². The number of carbonyl (C=O) groups is 2. The van der Waals surface area contributed by atoms with E-state index in [2.05, 4.69) is 11.4 Å². The number of nitrogens with zero attached hydrogens (tertiary/aromatic N) is 1. The van der Waals surface area contributed by atoms with E-state index in [4.69, 9.17) is 14.2 Å². The topological polar surface area (TPSA) is 97.6 Å². The third kappa shape index (κ3) is 8.25. The van der Waals surface area contributed by atoms with E-state index in [1.807, 2.05) is 32.0 Å². The predicted molar refractivity (Wildman–Crippen MR) is 121 cm³/mol. The number of hydrogen-bond acceptors (Lipinski definition) is 6. The summed E-state index contributed by atoms with van der Waals surface area (Å²) in [6.07, 6.45) is 2.24. The molecule has 1 N–H and O–H groups in total. The monoisotopic (exact) mass is 436 g/mol. The Hall–Kier alpha value is -3.63. The molecule has 0 spiro atoms. The summed E-state index contributed by atoms with van der Waals surface area (Å²) >= 11 is 0. The number of nitriles is 1. The van der Waals surface area contributed by atoms with Crippen molar-refractivity contribution in [3.63, 3.8) is 0 Å². The molecule has 32 heavy (non-hydrogen) atoms. The molecule has 1 amide bonds. The van der Waals surface area contributed by atoms with Gasteiger partial charge in [0.2, 0.25) is 0 Å². The zero-order valence-electron chi connectivity index (χ0n) is 18.6. The van der Waals surface area contributed by atoms with E-state index in [0.717, 1.165) is 11.3 Å². The normalized spacial score (nSPS) is 10.9. The highest BCUT2D eigenvalue weighted by Crippen LogP contribution is 2.19. The first-order valence-corrected chi connectivity index (χ1v) is 10.3. The fourth-order valence-corrected chi connectivity index (χ4v) is 2.85. The summed E-state index contributed by atoms with van der Waals surface area (Å²) in [6, 6.07) is 14.4. The second kappa shape index (κ2) is 12.9. The summed E-state index contributed by atoms with van der Waals surface area (Å²) in [5.74, 6) is 0.387. The van der Waals surface area contributed by atoms with E-state index in [9.17, 15) is 14.9 Å². The first kappa shape index (κ1) is 24.6. The van der Waals surface area contributed by atoms with Gasteiger partial charge in [-0.1, -0.05) is 29.8 Å². The van der Waals surface area contributed by atoms with Gasteiger partial charge in [-0.2, -0.15) is 5.26 Å². The lowest BCUT2D eigenvalue weighted by Crippen LogP contribution is -2.27. The zero-order chi connectivity index (χ0) is 23.3. The largest absolute Gasteiger partial charge is 0.493 e. The van der Waals surface area contributed by atoms with Crippen LogP contribution in [-0.2, 0) is 14.3 Å². The molecule has 0 unspecified atom stereocenters. The van der Waals surface area contributed by atoms with E-state index < -0.39 is 5.91 Å². The fourth-order valence-electron chi connectivity index (χ4n) is 2.85. The molecule has 0 saturated heterocycles. The van der Waals surface area contributed by atoms with Crippen LogP contribution in [0.2, 0.25) is 0 Å². The number of carbonyl (C=O) groups excluding carboxylic acids is 2. The average molecular weight is 437 g/mol. The summed E-state index contributed by atoms with van der Waals surface area (Å²) in [5.41, 5.74) is 2.86. The molecule has 7 nitrogen and oxygen atoms in total. The first-order chi connectivity index (χ1) is 15.4. The van der Waals surface area contributed by atoms with Gasteiger partial charge in [-0.05, 0) is 55.7 Å². The Morgan fingerprint density at radius 1 is 1.09 bits per heavy atom. The lowest BCUT2D eigenvalue weighted by Gasteiger charge is -2.09. The molecule has 0 bridgehead atoms. The van der Waals surface area contributed by atoms with E-state index >= 15 is 0 Å². The summed E-state index contributed by atoms with van der Waals surface area (Å²) in [6.45, 7) is 5.12. The van der Waals surface area contributed by atoms with Crippen LogP contribution in [0.15, 0.2) is 48.0 Å². The van der Waals surface area contributed by atoms with Crippen LogP contribution in [0.1, 0.15) is 29.5 Å². The molecule has 0 aliphatic heterocycles. The molecule has 0 atom stereocenters. The van der Waals surface area contributed by atoms with Gasteiger partial charge in [-0.25, -0.2) is 0 Å². The van der Waals surface area contributed by atoms with Crippen molar-refractivity contribution in [1.82, 2.24) is 5.32 Å². The highest BCUT2D eigenvalue weighted by atomic mass is 16.5. The minimum atomic E-state index is -0.469. The molecule has 168 valence electrons. The lowest BCUT2D eigenvalue weighted by atomic mass is 10.1. The molecular formula is C25H28N2O5. The summed E-state index contributed by atoms with van der Waals surface area (Å²) < 4.78 is 15.9. The van der Waals surface area contributed by atoms with Crippen LogP contribution < -0.4 is 14.8 Å². The standard InChI is InChI=1S/C25H28N2O5/c1-18-6-11-23(19(2)15-18)31-13-4-5-24(28)32-22-9-7-20(8-10-22)16-21(17-26)25(29)27-12-14-30-3/h6-11,15-16H,4-5,12-14H2,1-3H3,(H,27,29)/b21-16+. The van der Waals surface area contributed by atoms with Gasteiger partial charge >= 0.3 is 5.97 Å². The minimum Gasteiger partial charge on any atom is -0.493 e. The second-order valence-electron chi connectivity index (χ2n) is 7.18. The van der Waals surface area contributed by atoms with E-state index in [-0.39, 0.29) is 18.0 Å². The van der Waals surface area contributed by atoms with Crippen LogP contribution in [-0.4, -0.2) is 38.7 Å². The number of esters is 1. The van der Waals surface area contributed by atoms with Crippen LogP contribution in [0.4, 0.5) is 0 Å². The number of benzene rings is 2. The maximum absolute atomic E-state index is 12.1. The molecule has 0 aliphatic rings. The number of amides is 1. The van der Waals surface area contributed by atoms with Gasteiger partial charge < -0.3 is 19.5 Å². The van der Waals surface area contributed by atoms with Crippen molar-refractivity contribution < 1.29 is 23.8 Å². The lowest BCUT2D eigenvalue weighted by molar-refractivity contribution is -0.134. The van der Waals surface area contributed by atoms with Gasteiger partial charge in [0, 0.05) is 20.1 Å². The maximum atomic E-state index is 12.1. The minimum absolute atomic E-state index is 0.0188. The Labute approximate surface area is 188 Å². The molecule has 0 fully saturated rings. The van der Waals surface area contributed by atoms with Crippen molar-refractivity contribution in [3.8, 4) is 17.6 Å². The SMILES string of the molecule is COCCNC(=O)/C(C#N)=C/c1ccc(OC(=O)CCCOc2ccc(C)cc2C)cc1. The predicted octanol–water partition coefficient (Wildman–Crippen LogP) is 3.74. The number of hydrogen-bond donors (Lipinski definition) is 1. The summed E-state index contributed by atoms with van der Waals surface area (Å²) in [5, 5.41) is 11.8. The van der Waals surface area contributed by atoms with Gasteiger partial charge in [0.05, 0.1) is 13.2 Å². The van der Waals surface area contributed by atoms with Crippen molar-refractivity contribution in [2.75, 3.05) is 26.9 Å². The molecular weight excluding hydrogens is 408 g/mol. The van der Waals surface area contributed by atoms with Gasteiger partial charge in [0.1, 0.15) is 23.1 Å². The highest BCUT2D eigenvalue weighted by molar-refractivity contribution is 6.01. The average Bonchev–Trinajstić information content (AvgIpc) is 2.77. The Kier molecular flexibility index (Phi) is 9.95. The number of aryl methyl sites for hydroxylation is 2. The van der Waals surface area contributed by atoms with Gasteiger partial charge in [-0.3, -0.25) is 9.59 Å². The van der Waals surface area contributed by atoms with Crippen molar-refractivity contribution in [3.05, 3.63) is 64.7 Å². The van der Waals surface area contributed by atoms with Gasteiger partial charge in [0.25, 0.3) is 5.91 Å². The van der Waals surface area contributed by atoms with E-state index in [1.165, 1.54) is 18.7 Å². The van der Waals surface area contributed by atoms with Gasteiger partial charge in [0.15, 0.2) is 0 Å². The molecule has 0 heterocycles. The molecule has 0 radical (unpaired) electrons. The van der Waals surface area contributed by atoms with Crippen molar-refractivity contribution >= 4 is 18.0 Å². The van der Waals surface area contributed by atoms with Crippen molar-refractivity contribution in [2.45, 2.75) is 26.7 Å². The third-order valence-electron chi connectivity index (χ3n) is 4.49. The Morgan fingerprint density at radius 3 is 2.50 bits per heavy atom. The third-order valence-corrected chi connectivity index (χ3v) is 4.49. The van der Waals surface area contributed by atoms with Crippen LogP contribution in [0, 0.1) is 25.2 Å². The number of rotatable bonds is 11. The number of ether oxygens (including phenoxy) is 3. The fraction of sp³-hybridized carbons (Fsp3) is 0.320. The first-order valence-electron chi connectivity index (χ1n) is 10.3. The molecule has 0 saturated carbocycles. The number of nitrogens with one attached hydrogen (secondary N) is 1. The zero-order valence-corrected chi connectivity index (χ0v) is 18.6. The Balaban J connectivity index is 1.80. The Morgan fingerprint density at radius 2 is 1.84 bits per heavy atom. The van der Waals surface area contributed by atoms with Crippen LogP contribution >= 0.6 is 0 Å². The highest BCUT2D eigenvalue weighted by Gasteiger charge is 2.09. The molecule has 2 aromatic carbocycles. The van der Waals surface area contributed by atoms with Crippen LogP contribution in [0.25, 0.3) is 6.08 Å². The van der Waals surface area contributed by atoms with Crippen molar-refractivity contribution in [2.24, 2.45) is 0 Å². The molecule has 0 aliphatic carbocycles. The number of methoxy groups -OCH3 is 1.